The van der Waals surface area contributed by atoms with E-state index in [9.17, 15) is 0 Å². The van der Waals surface area contributed by atoms with Crippen molar-refractivity contribution in [1.29, 1.82) is 0 Å². The van der Waals surface area contributed by atoms with Crippen LogP contribution in [0.15, 0.2) is 176 Å². The Morgan fingerprint density at radius 3 is 1.47 bits per heavy atom. The maximum absolute atomic E-state index is 5.19. The number of nitrogens with zero attached hydrogens (tertiary/aromatic N) is 3. The second-order valence-electron chi connectivity index (χ2n) is 14.4. The third kappa shape index (κ3) is 5.08. The molecule has 9 aromatic rings. The number of hydrogen-bond donors (Lipinski definition) is 0. The van der Waals surface area contributed by atoms with Gasteiger partial charge in [0, 0.05) is 46.3 Å². The fourth-order valence-electron chi connectivity index (χ4n) is 8.44. The summed E-state index contributed by atoms with van der Waals surface area (Å²) in [4.78, 5) is 14.5. The van der Waals surface area contributed by atoms with E-state index >= 15 is 0 Å². The van der Waals surface area contributed by atoms with Gasteiger partial charge in [0.05, 0.1) is 17.1 Å². The highest BCUT2D eigenvalue weighted by atomic mass is 14.7. The topological polar surface area (TPSA) is 38.7 Å². The molecule has 0 saturated heterocycles. The molecule has 250 valence electrons. The number of pyridine rings is 3. The summed E-state index contributed by atoms with van der Waals surface area (Å²) in [6.07, 6.45) is 5.68. The largest absolute Gasteiger partial charge is 0.256 e. The first-order chi connectivity index (χ1) is 26.0. The van der Waals surface area contributed by atoms with Gasteiger partial charge >= 0.3 is 0 Å². The van der Waals surface area contributed by atoms with Crippen LogP contribution in [0.1, 0.15) is 25.0 Å². The lowest BCUT2D eigenvalue weighted by Crippen LogP contribution is -2.14. The maximum Gasteiger partial charge on any atom is 0.0714 e. The minimum atomic E-state index is -0.0748. The Morgan fingerprint density at radius 1 is 0.358 bits per heavy atom. The molecule has 3 heteroatoms. The molecule has 0 fully saturated rings. The molecule has 0 saturated carbocycles. The van der Waals surface area contributed by atoms with Gasteiger partial charge in [-0.05, 0) is 115 Å². The van der Waals surface area contributed by atoms with Crippen molar-refractivity contribution in [2.75, 3.05) is 0 Å². The van der Waals surface area contributed by atoms with Crippen LogP contribution < -0.4 is 0 Å². The van der Waals surface area contributed by atoms with Crippen LogP contribution in [0, 0.1) is 0 Å². The zero-order chi connectivity index (χ0) is 35.5. The van der Waals surface area contributed by atoms with Crippen LogP contribution in [0.25, 0.3) is 88.7 Å². The molecule has 53 heavy (non-hydrogen) atoms. The first-order valence-corrected chi connectivity index (χ1v) is 18.2. The number of aromatic nitrogens is 3. The molecule has 3 nitrogen and oxygen atoms in total. The Balaban J connectivity index is 1.12. The number of hydrogen-bond acceptors (Lipinski definition) is 3. The van der Waals surface area contributed by atoms with Crippen LogP contribution >= 0.6 is 0 Å². The smallest absolute Gasteiger partial charge is 0.0714 e. The predicted octanol–water partition coefficient (Wildman–Crippen LogP) is 12.8. The van der Waals surface area contributed by atoms with Gasteiger partial charge in [-0.1, -0.05) is 117 Å². The van der Waals surface area contributed by atoms with E-state index in [1.54, 1.807) is 0 Å². The van der Waals surface area contributed by atoms with Gasteiger partial charge in [-0.25, -0.2) is 0 Å². The fourth-order valence-corrected chi connectivity index (χ4v) is 8.44. The molecular formula is C50H35N3. The molecule has 3 heterocycles. The van der Waals surface area contributed by atoms with Crippen LogP contribution in [0.3, 0.4) is 0 Å². The molecule has 3 aromatic heterocycles. The van der Waals surface area contributed by atoms with Crippen molar-refractivity contribution < 1.29 is 0 Å². The van der Waals surface area contributed by atoms with Crippen molar-refractivity contribution in [3.8, 4) is 67.2 Å². The van der Waals surface area contributed by atoms with Crippen molar-refractivity contribution in [3.05, 3.63) is 187 Å². The van der Waals surface area contributed by atoms with E-state index in [-0.39, 0.29) is 5.41 Å². The van der Waals surface area contributed by atoms with Crippen molar-refractivity contribution in [3.63, 3.8) is 0 Å². The summed E-state index contributed by atoms with van der Waals surface area (Å²) in [5.74, 6) is 0. The summed E-state index contributed by atoms with van der Waals surface area (Å²) < 4.78 is 0. The van der Waals surface area contributed by atoms with E-state index < -0.39 is 0 Å². The Labute approximate surface area is 309 Å². The van der Waals surface area contributed by atoms with Gasteiger partial charge in [-0.3, -0.25) is 15.0 Å². The molecule has 10 rings (SSSR count). The third-order valence-corrected chi connectivity index (χ3v) is 11.0. The molecule has 1 aliphatic rings. The molecule has 0 N–H and O–H groups in total. The molecular weight excluding hydrogens is 643 g/mol. The highest BCUT2D eigenvalue weighted by Gasteiger charge is 2.35. The average Bonchev–Trinajstić information content (AvgIpc) is 3.45. The number of fused-ring (bicyclic) bond motifs is 5. The van der Waals surface area contributed by atoms with Gasteiger partial charge < -0.3 is 0 Å². The molecule has 0 aliphatic heterocycles. The van der Waals surface area contributed by atoms with Crippen molar-refractivity contribution in [2.24, 2.45) is 0 Å². The summed E-state index contributed by atoms with van der Waals surface area (Å²) in [6, 6.07) is 56.5. The summed E-state index contributed by atoms with van der Waals surface area (Å²) in [5, 5.41) is 4.84. The molecule has 0 spiro atoms. The Kier molecular flexibility index (Phi) is 7.16. The quantitative estimate of drug-likeness (QED) is 0.170. The monoisotopic (exact) mass is 677 g/mol. The van der Waals surface area contributed by atoms with E-state index in [1.165, 1.54) is 54.9 Å². The van der Waals surface area contributed by atoms with E-state index in [4.69, 9.17) is 4.98 Å². The highest BCUT2D eigenvalue weighted by Crippen LogP contribution is 2.51. The van der Waals surface area contributed by atoms with Gasteiger partial charge in [-0.2, -0.15) is 0 Å². The predicted molar refractivity (Wildman–Crippen MR) is 220 cm³/mol. The fraction of sp³-hybridized carbons (Fsp3) is 0.0600. The summed E-state index contributed by atoms with van der Waals surface area (Å²) in [6.45, 7) is 4.70. The summed E-state index contributed by atoms with van der Waals surface area (Å²) in [5.41, 5.74) is 16.0. The van der Waals surface area contributed by atoms with Crippen molar-refractivity contribution in [2.45, 2.75) is 19.3 Å². The maximum atomic E-state index is 5.19. The van der Waals surface area contributed by atoms with Gasteiger partial charge in [0.15, 0.2) is 0 Å². The van der Waals surface area contributed by atoms with E-state index in [0.29, 0.717) is 0 Å². The van der Waals surface area contributed by atoms with Crippen LogP contribution in [0.2, 0.25) is 0 Å². The average molecular weight is 678 g/mol. The molecule has 1 aliphatic carbocycles. The van der Waals surface area contributed by atoms with E-state index in [2.05, 4.69) is 145 Å². The zero-order valence-electron chi connectivity index (χ0n) is 29.6. The first-order valence-electron chi connectivity index (χ1n) is 18.2. The van der Waals surface area contributed by atoms with Crippen LogP contribution in [-0.4, -0.2) is 15.0 Å². The third-order valence-electron chi connectivity index (χ3n) is 11.0. The molecule has 0 unspecified atom stereocenters. The lowest BCUT2D eigenvalue weighted by atomic mass is 9.80. The van der Waals surface area contributed by atoms with Crippen LogP contribution in [-0.2, 0) is 5.41 Å². The van der Waals surface area contributed by atoms with Gasteiger partial charge in [0.25, 0.3) is 0 Å². The number of rotatable bonds is 5. The molecule has 0 radical (unpaired) electrons. The number of benzene rings is 6. The Bertz CT molecular complexity index is 2720. The minimum absolute atomic E-state index is 0.0748. The van der Waals surface area contributed by atoms with Gasteiger partial charge in [0.1, 0.15) is 0 Å². The van der Waals surface area contributed by atoms with E-state index in [1.807, 2.05) is 55.0 Å². The lowest BCUT2D eigenvalue weighted by Gasteiger charge is -2.23. The molecule has 0 atom stereocenters. The minimum Gasteiger partial charge on any atom is -0.256 e. The van der Waals surface area contributed by atoms with E-state index in [0.717, 1.165) is 44.9 Å². The van der Waals surface area contributed by atoms with Gasteiger partial charge in [0.2, 0.25) is 0 Å². The summed E-state index contributed by atoms with van der Waals surface area (Å²) >= 11 is 0. The SMILES string of the molecule is CC1(C)c2ccccc2-c2ccc(-c3c4ccccc4c(-c4ccc(-c5cc(-c6ccccn6)cc(-c6ccccn6)c5)cn4)c4ccccc34)cc21. The van der Waals surface area contributed by atoms with Gasteiger partial charge in [-0.15, -0.1) is 0 Å². The first kappa shape index (κ1) is 31.1. The second-order valence-corrected chi connectivity index (χ2v) is 14.4. The van der Waals surface area contributed by atoms with Crippen LogP contribution in [0.4, 0.5) is 0 Å². The second kappa shape index (κ2) is 12.2. The Hall–Kier alpha value is -6.71. The molecule has 0 amide bonds. The lowest BCUT2D eigenvalue weighted by molar-refractivity contribution is 0.660. The summed E-state index contributed by atoms with van der Waals surface area (Å²) in [7, 11) is 0. The van der Waals surface area contributed by atoms with Crippen LogP contribution in [0.5, 0.6) is 0 Å². The molecule has 0 bridgehead atoms. The normalized spacial score (nSPS) is 12.9. The highest BCUT2D eigenvalue weighted by molar-refractivity contribution is 6.21. The van der Waals surface area contributed by atoms with Crippen molar-refractivity contribution >= 4 is 21.5 Å². The van der Waals surface area contributed by atoms with Crippen molar-refractivity contribution in [1.82, 2.24) is 15.0 Å². The zero-order valence-corrected chi connectivity index (χ0v) is 29.6. The Morgan fingerprint density at radius 2 is 0.887 bits per heavy atom. The standard InChI is InChI=1S/C50H35N3/c1-50(2)43-18-8-7-13-37(43)38-23-21-32(30-44(38)50)48-39-14-3-5-16-41(39)49(42-17-6-4-15-40(42)48)47-24-22-33(31-53-47)34-27-35(45-19-9-11-25-51-45)29-36(28-34)46-20-10-12-26-52-46/h3-31H,1-2H3. The molecule has 6 aromatic carbocycles.